The van der Waals surface area contributed by atoms with E-state index in [4.69, 9.17) is 11.6 Å². The van der Waals surface area contributed by atoms with Crippen molar-refractivity contribution in [2.75, 3.05) is 0 Å². The van der Waals surface area contributed by atoms with E-state index in [-0.39, 0.29) is 5.38 Å². The van der Waals surface area contributed by atoms with Crippen LogP contribution in [0.2, 0.25) is 0 Å². The third-order valence-electron chi connectivity index (χ3n) is 2.24. The SMILES string of the molecule is Cc1cc(C(Cl)c2cc(Br)sc2C)cs1. The van der Waals surface area contributed by atoms with Gasteiger partial charge in [0.1, 0.15) is 0 Å². The molecule has 0 N–H and O–H groups in total. The van der Waals surface area contributed by atoms with Crippen molar-refractivity contribution < 1.29 is 0 Å². The Bertz CT molecular complexity index is 473. The lowest BCUT2D eigenvalue weighted by atomic mass is 10.1. The van der Waals surface area contributed by atoms with E-state index in [9.17, 15) is 0 Å². The summed E-state index contributed by atoms with van der Waals surface area (Å²) in [5.41, 5.74) is 2.42. The van der Waals surface area contributed by atoms with Gasteiger partial charge < -0.3 is 0 Å². The maximum absolute atomic E-state index is 6.46. The first-order chi connectivity index (χ1) is 7.08. The number of hydrogen-bond acceptors (Lipinski definition) is 2. The van der Waals surface area contributed by atoms with Crippen molar-refractivity contribution in [3.8, 4) is 0 Å². The molecule has 0 saturated carbocycles. The van der Waals surface area contributed by atoms with E-state index in [1.807, 2.05) is 0 Å². The molecular formula is C11H10BrClS2. The summed E-state index contributed by atoms with van der Waals surface area (Å²) >= 11 is 13.4. The molecular weight excluding hydrogens is 312 g/mol. The molecule has 1 unspecified atom stereocenters. The van der Waals surface area contributed by atoms with Gasteiger partial charge in [0.05, 0.1) is 9.16 Å². The number of hydrogen-bond donors (Lipinski definition) is 0. The van der Waals surface area contributed by atoms with Crippen molar-refractivity contribution in [1.29, 1.82) is 0 Å². The van der Waals surface area contributed by atoms with E-state index in [0.29, 0.717) is 0 Å². The summed E-state index contributed by atoms with van der Waals surface area (Å²) in [7, 11) is 0. The van der Waals surface area contributed by atoms with Gasteiger partial charge in [-0.1, -0.05) is 0 Å². The van der Waals surface area contributed by atoms with Gasteiger partial charge in [0.2, 0.25) is 0 Å². The highest BCUT2D eigenvalue weighted by molar-refractivity contribution is 9.11. The minimum absolute atomic E-state index is 0.0162. The van der Waals surface area contributed by atoms with Crippen LogP contribution in [-0.2, 0) is 0 Å². The molecule has 0 nitrogen and oxygen atoms in total. The van der Waals surface area contributed by atoms with Gasteiger partial charge in [0.15, 0.2) is 0 Å². The lowest BCUT2D eigenvalue weighted by Crippen LogP contribution is -1.90. The lowest BCUT2D eigenvalue weighted by Gasteiger charge is -2.06. The number of aryl methyl sites for hydroxylation is 2. The molecule has 2 aromatic rings. The molecule has 0 spiro atoms. The minimum Gasteiger partial charge on any atom is -0.149 e. The second-order valence-corrected chi connectivity index (χ2v) is 7.60. The predicted molar refractivity (Wildman–Crippen MR) is 73.5 cm³/mol. The first-order valence-corrected chi connectivity index (χ1v) is 7.45. The molecule has 0 radical (unpaired) electrons. The zero-order valence-corrected chi connectivity index (χ0v) is 12.4. The highest BCUT2D eigenvalue weighted by Crippen LogP contribution is 2.38. The molecule has 0 amide bonds. The van der Waals surface area contributed by atoms with Gasteiger partial charge in [0.25, 0.3) is 0 Å². The number of alkyl halides is 1. The van der Waals surface area contributed by atoms with E-state index in [1.54, 1.807) is 22.7 Å². The zero-order valence-electron chi connectivity index (χ0n) is 8.38. The molecule has 0 aromatic carbocycles. The Kier molecular flexibility index (Phi) is 3.56. The van der Waals surface area contributed by atoms with Crippen LogP contribution in [-0.4, -0.2) is 0 Å². The van der Waals surface area contributed by atoms with Crippen LogP contribution in [0, 0.1) is 13.8 Å². The Morgan fingerprint density at radius 3 is 2.53 bits per heavy atom. The second-order valence-electron chi connectivity index (χ2n) is 3.42. The minimum atomic E-state index is -0.0162. The fraction of sp³-hybridized carbons (Fsp3) is 0.273. The Balaban J connectivity index is 2.35. The predicted octanol–water partition coefficient (Wildman–Crippen LogP) is 5.52. The van der Waals surface area contributed by atoms with Crippen LogP contribution in [0.1, 0.15) is 26.3 Å². The third-order valence-corrected chi connectivity index (χ3v) is 5.18. The van der Waals surface area contributed by atoms with E-state index in [0.717, 1.165) is 3.79 Å². The molecule has 1 atom stereocenters. The van der Waals surface area contributed by atoms with Gasteiger partial charge in [-0.05, 0) is 58.4 Å². The Morgan fingerprint density at radius 1 is 1.33 bits per heavy atom. The van der Waals surface area contributed by atoms with Crippen molar-refractivity contribution in [1.82, 2.24) is 0 Å². The smallest absolute Gasteiger partial charge is 0.0854 e. The van der Waals surface area contributed by atoms with Crippen LogP contribution in [0.25, 0.3) is 0 Å². The number of thiophene rings is 2. The number of rotatable bonds is 2. The van der Waals surface area contributed by atoms with Crippen molar-refractivity contribution >= 4 is 50.2 Å². The van der Waals surface area contributed by atoms with Gasteiger partial charge in [-0.2, -0.15) is 0 Å². The zero-order chi connectivity index (χ0) is 11.0. The average Bonchev–Trinajstić information content (AvgIpc) is 2.71. The van der Waals surface area contributed by atoms with Crippen LogP contribution in [0.5, 0.6) is 0 Å². The lowest BCUT2D eigenvalue weighted by molar-refractivity contribution is 1.14. The van der Waals surface area contributed by atoms with Gasteiger partial charge in [0, 0.05) is 9.75 Å². The van der Waals surface area contributed by atoms with Gasteiger partial charge in [-0.25, -0.2) is 0 Å². The summed E-state index contributed by atoms with van der Waals surface area (Å²) in [6, 6.07) is 4.28. The summed E-state index contributed by atoms with van der Waals surface area (Å²) in [6.45, 7) is 4.22. The molecule has 4 heteroatoms. The van der Waals surface area contributed by atoms with E-state index in [1.165, 1.54) is 20.9 Å². The van der Waals surface area contributed by atoms with Gasteiger partial charge in [-0.15, -0.1) is 34.3 Å². The molecule has 15 heavy (non-hydrogen) atoms. The molecule has 0 fully saturated rings. The Hall–Kier alpha value is 0.170. The van der Waals surface area contributed by atoms with Gasteiger partial charge >= 0.3 is 0 Å². The van der Waals surface area contributed by atoms with Crippen molar-refractivity contribution in [2.24, 2.45) is 0 Å². The Morgan fingerprint density at radius 2 is 2.07 bits per heavy atom. The van der Waals surface area contributed by atoms with Crippen LogP contribution in [0.3, 0.4) is 0 Å². The molecule has 2 rings (SSSR count). The first kappa shape index (κ1) is 11.6. The normalized spacial score (nSPS) is 13.1. The summed E-state index contributed by atoms with van der Waals surface area (Å²) in [5.74, 6) is 0. The van der Waals surface area contributed by atoms with Crippen molar-refractivity contribution in [2.45, 2.75) is 19.2 Å². The topological polar surface area (TPSA) is 0 Å². The quantitative estimate of drug-likeness (QED) is 0.639. The molecule has 2 heterocycles. The largest absolute Gasteiger partial charge is 0.149 e. The molecule has 0 aliphatic carbocycles. The monoisotopic (exact) mass is 320 g/mol. The number of halogens is 2. The van der Waals surface area contributed by atoms with Crippen molar-refractivity contribution in [3.05, 3.63) is 42.2 Å². The molecule has 0 aliphatic rings. The summed E-state index contributed by atoms with van der Waals surface area (Å²) < 4.78 is 1.15. The fourth-order valence-electron chi connectivity index (χ4n) is 1.49. The highest BCUT2D eigenvalue weighted by Gasteiger charge is 2.16. The van der Waals surface area contributed by atoms with Crippen LogP contribution < -0.4 is 0 Å². The fourth-order valence-corrected chi connectivity index (χ4v) is 4.46. The van der Waals surface area contributed by atoms with Crippen molar-refractivity contribution in [3.63, 3.8) is 0 Å². The molecule has 80 valence electrons. The first-order valence-electron chi connectivity index (χ1n) is 4.53. The summed E-state index contributed by atoms with van der Waals surface area (Å²) in [5, 5.41) is 2.12. The summed E-state index contributed by atoms with van der Waals surface area (Å²) in [4.78, 5) is 2.59. The van der Waals surface area contributed by atoms with E-state index < -0.39 is 0 Å². The molecule has 2 aromatic heterocycles. The standard InChI is InChI=1S/C11H10BrClS2/c1-6-3-8(5-14-6)11(13)9-4-10(12)15-7(9)2/h3-5,11H,1-2H3. The molecule has 0 saturated heterocycles. The Labute approximate surface area is 111 Å². The maximum atomic E-state index is 6.46. The highest BCUT2D eigenvalue weighted by atomic mass is 79.9. The van der Waals surface area contributed by atoms with Crippen LogP contribution in [0.15, 0.2) is 21.3 Å². The van der Waals surface area contributed by atoms with E-state index in [2.05, 4.69) is 47.3 Å². The van der Waals surface area contributed by atoms with Gasteiger partial charge in [-0.3, -0.25) is 0 Å². The molecule has 0 aliphatic heterocycles. The third kappa shape index (κ3) is 2.47. The molecule has 0 bridgehead atoms. The van der Waals surface area contributed by atoms with Crippen LogP contribution >= 0.6 is 50.2 Å². The average molecular weight is 322 g/mol. The summed E-state index contributed by atoms with van der Waals surface area (Å²) in [6.07, 6.45) is 0. The maximum Gasteiger partial charge on any atom is 0.0854 e. The second kappa shape index (κ2) is 4.58. The van der Waals surface area contributed by atoms with E-state index >= 15 is 0 Å². The van der Waals surface area contributed by atoms with Crippen LogP contribution in [0.4, 0.5) is 0 Å².